The summed E-state index contributed by atoms with van der Waals surface area (Å²) in [4.78, 5) is 23.2. The molecule has 1 aromatic rings. The Hall–Kier alpha value is -1.84. The maximum atomic E-state index is 12.3. The van der Waals surface area contributed by atoms with Crippen LogP contribution >= 0.6 is 0 Å². The lowest BCUT2D eigenvalue weighted by atomic mass is 9.98. The maximum Gasteiger partial charge on any atom is 0.305 e. The lowest BCUT2D eigenvalue weighted by Crippen LogP contribution is -2.43. The number of benzene rings is 1. The minimum Gasteiger partial charge on any atom is -0.481 e. The highest BCUT2D eigenvalue weighted by Gasteiger charge is 2.29. The van der Waals surface area contributed by atoms with E-state index >= 15 is 0 Å². The van der Waals surface area contributed by atoms with E-state index in [1.165, 1.54) is 11.1 Å². The van der Waals surface area contributed by atoms with Crippen molar-refractivity contribution >= 4 is 11.9 Å². The highest BCUT2D eigenvalue weighted by atomic mass is 16.4. The topological polar surface area (TPSA) is 66.4 Å². The molecule has 0 spiro atoms. The van der Waals surface area contributed by atoms with Crippen LogP contribution in [0.3, 0.4) is 0 Å². The van der Waals surface area contributed by atoms with Gasteiger partial charge in [0.2, 0.25) is 5.91 Å². The highest BCUT2D eigenvalue weighted by Crippen LogP contribution is 2.26. The minimum atomic E-state index is -0.876. The Labute approximate surface area is 119 Å². The van der Waals surface area contributed by atoms with Crippen LogP contribution in [0.5, 0.6) is 0 Å². The molecule has 0 fully saturated rings. The number of aliphatic carboxylic acids is 1. The molecule has 1 unspecified atom stereocenters. The quantitative estimate of drug-likeness (QED) is 0.864. The van der Waals surface area contributed by atoms with Gasteiger partial charge in [0, 0.05) is 12.0 Å². The molecule has 20 heavy (non-hydrogen) atoms. The van der Waals surface area contributed by atoms with Crippen molar-refractivity contribution < 1.29 is 14.7 Å². The second-order valence-electron chi connectivity index (χ2n) is 5.83. The Balaban J connectivity index is 1.97. The molecular weight excluding hydrogens is 254 g/mol. The van der Waals surface area contributed by atoms with E-state index in [1.54, 1.807) is 0 Å². The van der Waals surface area contributed by atoms with E-state index in [0.29, 0.717) is 0 Å². The molecule has 0 aliphatic heterocycles. The van der Waals surface area contributed by atoms with E-state index in [0.717, 1.165) is 12.8 Å². The number of nitrogens with one attached hydrogen (secondary N) is 1. The molecule has 2 rings (SSSR count). The number of carboxylic acid groups (broad SMARTS) is 1. The summed E-state index contributed by atoms with van der Waals surface area (Å²) in [6.45, 7) is 3.86. The number of carboxylic acids is 1. The Morgan fingerprint density at radius 2 is 1.80 bits per heavy atom. The van der Waals surface area contributed by atoms with E-state index < -0.39 is 5.97 Å². The van der Waals surface area contributed by atoms with Gasteiger partial charge in [-0.15, -0.1) is 0 Å². The van der Waals surface area contributed by atoms with Crippen LogP contribution in [0, 0.1) is 11.8 Å². The van der Waals surface area contributed by atoms with E-state index in [9.17, 15) is 9.59 Å². The molecule has 0 heterocycles. The number of carbonyl (C=O) groups excluding carboxylic acids is 1. The molecular formula is C16H21NO3. The van der Waals surface area contributed by atoms with Crippen molar-refractivity contribution in [3.8, 4) is 0 Å². The van der Waals surface area contributed by atoms with E-state index in [2.05, 4.69) is 17.4 Å². The summed E-state index contributed by atoms with van der Waals surface area (Å²) in [6, 6.07) is 7.78. The van der Waals surface area contributed by atoms with Crippen LogP contribution in [-0.4, -0.2) is 23.0 Å². The average molecular weight is 275 g/mol. The Kier molecular flexibility index (Phi) is 4.42. The normalized spacial score (nSPS) is 15.9. The van der Waals surface area contributed by atoms with Gasteiger partial charge in [0.1, 0.15) is 0 Å². The first kappa shape index (κ1) is 14.6. The smallest absolute Gasteiger partial charge is 0.305 e. The van der Waals surface area contributed by atoms with Gasteiger partial charge in [-0.3, -0.25) is 9.59 Å². The van der Waals surface area contributed by atoms with Crippen LogP contribution in [-0.2, 0) is 22.4 Å². The van der Waals surface area contributed by atoms with E-state index in [4.69, 9.17) is 5.11 Å². The predicted octanol–water partition coefficient (Wildman–Crippen LogP) is 2.02. The van der Waals surface area contributed by atoms with Crippen LogP contribution < -0.4 is 5.32 Å². The number of rotatable bonds is 5. The van der Waals surface area contributed by atoms with Crippen LogP contribution in [0.1, 0.15) is 31.4 Å². The molecule has 0 aromatic heterocycles. The molecule has 4 nitrogen and oxygen atoms in total. The van der Waals surface area contributed by atoms with Crippen LogP contribution in [0.4, 0.5) is 0 Å². The summed E-state index contributed by atoms with van der Waals surface area (Å²) in [5.41, 5.74) is 2.46. The first-order chi connectivity index (χ1) is 9.47. The van der Waals surface area contributed by atoms with Gasteiger partial charge in [-0.2, -0.15) is 0 Å². The fraction of sp³-hybridized carbons (Fsp3) is 0.500. The van der Waals surface area contributed by atoms with Gasteiger partial charge in [-0.05, 0) is 29.9 Å². The summed E-state index contributed by atoms with van der Waals surface area (Å²) in [6.07, 6.45) is 1.48. The molecule has 0 saturated heterocycles. The summed E-state index contributed by atoms with van der Waals surface area (Å²) in [5, 5.41) is 11.8. The van der Waals surface area contributed by atoms with Crippen molar-refractivity contribution in [3.05, 3.63) is 35.4 Å². The van der Waals surface area contributed by atoms with Gasteiger partial charge in [0.25, 0.3) is 0 Å². The second kappa shape index (κ2) is 6.07. The lowest BCUT2D eigenvalue weighted by Gasteiger charge is -2.22. The van der Waals surface area contributed by atoms with Gasteiger partial charge in [-0.1, -0.05) is 38.1 Å². The summed E-state index contributed by atoms with van der Waals surface area (Å²) < 4.78 is 0. The SMILES string of the molecule is CC(C)C(CC(=O)O)NC(=O)C1Cc2ccccc2C1. The van der Waals surface area contributed by atoms with Crippen LogP contribution in [0.25, 0.3) is 0 Å². The molecule has 1 aromatic carbocycles. The third-order valence-electron chi connectivity index (χ3n) is 3.95. The lowest BCUT2D eigenvalue weighted by molar-refractivity contribution is -0.138. The number of amides is 1. The first-order valence-corrected chi connectivity index (χ1v) is 7.06. The molecule has 0 saturated carbocycles. The van der Waals surface area contributed by atoms with Crippen molar-refractivity contribution in [2.75, 3.05) is 0 Å². The maximum absolute atomic E-state index is 12.3. The van der Waals surface area contributed by atoms with Crippen molar-refractivity contribution in [1.29, 1.82) is 0 Å². The third-order valence-corrected chi connectivity index (χ3v) is 3.95. The fourth-order valence-corrected chi connectivity index (χ4v) is 2.69. The summed E-state index contributed by atoms with van der Waals surface area (Å²) in [5.74, 6) is -0.860. The number of hydrogen-bond acceptors (Lipinski definition) is 2. The third kappa shape index (κ3) is 3.38. The van der Waals surface area contributed by atoms with Crippen molar-refractivity contribution in [1.82, 2.24) is 5.32 Å². The Bertz CT molecular complexity index is 485. The summed E-state index contributed by atoms with van der Waals surface area (Å²) in [7, 11) is 0. The number of fused-ring (bicyclic) bond motifs is 1. The van der Waals surface area contributed by atoms with E-state index in [-0.39, 0.29) is 30.2 Å². The molecule has 2 N–H and O–H groups in total. The zero-order valence-electron chi connectivity index (χ0n) is 11.9. The fourth-order valence-electron chi connectivity index (χ4n) is 2.69. The molecule has 0 radical (unpaired) electrons. The first-order valence-electron chi connectivity index (χ1n) is 7.06. The monoisotopic (exact) mass is 275 g/mol. The van der Waals surface area contributed by atoms with Gasteiger partial charge in [0.15, 0.2) is 0 Å². The molecule has 4 heteroatoms. The van der Waals surface area contributed by atoms with Gasteiger partial charge in [-0.25, -0.2) is 0 Å². The van der Waals surface area contributed by atoms with Gasteiger partial charge < -0.3 is 10.4 Å². The van der Waals surface area contributed by atoms with Crippen molar-refractivity contribution in [3.63, 3.8) is 0 Å². The van der Waals surface area contributed by atoms with Crippen molar-refractivity contribution in [2.24, 2.45) is 11.8 Å². The predicted molar refractivity (Wildman–Crippen MR) is 76.4 cm³/mol. The Morgan fingerprint density at radius 3 is 2.25 bits per heavy atom. The number of carbonyl (C=O) groups is 2. The largest absolute Gasteiger partial charge is 0.481 e. The zero-order chi connectivity index (χ0) is 14.7. The highest BCUT2D eigenvalue weighted by molar-refractivity contribution is 5.81. The standard InChI is InChI=1S/C16H21NO3/c1-10(2)14(9-15(18)19)17-16(20)13-7-11-5-3-4-6-12(11)8-13/h3-6,10,13-14H,7-9H2,1-2H3,(H,17,20)(H,18,19). The number of hydrogen-bond donors (Lipinski definition) is 2. The van der Waals surface area contributed by atoms with Gasteiger partial charge in [0.05, 0.1) is 6.42 Å². The molecule has 1 amide bonds. The molecule has 1 atom stereocenters. The van der Waals surface area contributed by atoms with Crippen LogP contribution in [0.2, 0.25) is 0 Å². The summed E-state index contributed by atoms with van der Waals surface area (Å²) >= 11 is 0. The average Bonchev–Trinajstić information content (AvgIpc) is 2.81. The van der Waals surface area contributed by atoms with Crippen LogP contribution in [0.15, 0.2) is 24.3 Å². The van der Waals surface area contributed by atoms with Gasteiger partial charge >= 0.3 is 5.97 Å². The molecule has 1 aliphatic carbocycles. The molecule has 108 valence electrons. The van der Waals surface area contributed by atoms with Crippen molar-refractivity contribution in [2.45, 2.75) is 39.2 Å². The molecule has 1 aliphatic rings. The second-order valence-corrected chi connectivity index (χ2v) is 5.83. The molecule has 0 bridgehead atoms. The minimum absolute atomic E-state index is 0.0247. The zero-order valence-corrected chi connectivity index (χ0v) is 11.9. The van der Waals surface area contributed by atoms with E-state index in [1.807, 2.05) is 26.0 Å². The Morgan fingerprint density at radius 1 is 1.25 bits per heavy atom.